The molecule has 1 atom stereocenters. The number of nitrogens with two attached hydrogens (primary N) is 1. The fourth-order valence-electron chi connectivity index (χ4n) is 2.79. The van der Waals surface area contributed by atoms with Crippen LogP contribution in [-0.2, 0) is 6.42 Å². The molecule has 1 heteroatoms. The van der Waals surface area contributed by atoms with Crippen molar-refractivity contribution in [2.45, 2.75) is 18.8 Å². The molecule has 0 aromatic heterocycles. The molecule has 1 aliphatic rings. The first-order valence-electron chi connectivity index (χ1n) is 5.61. The standard InChI is InChI=1S/C14H15N/c15-8-7-11-9-12-5-1-3-10-4-2-6-13(11)14(10)12/h1-6,11H,7-9,15H2. The summed E-state index contributed by atoms with van der Waals surface area (Å²) < 4.78 is 0. The van der Waals surface area contributed by atoms with E-state index in [2.05, 4.69) is 36.4 Å². The van der Waals surface area contributed by atoms with Crippen LogP contribution >= 0.6 is 0 Å². The summed E-state index contributed by atoms with van der Waals surface area (Å²) in [6.07, 6.45) is 2.28. The molecule has 0 saturated carbocycles. The summed E-state index contributed by atoms with van der Waals surface area (Å²) >= 11 is 0. The Morgan fingerprint density at radius 1 is 1.13 bits per heavy atom. The predicted molar refractivity (Wildman–Crippen MR) is 64.1 cm³/mol. The van der Waals surface area contributed by atoms with Crippen molar-refractivity contribution in [2.24, 2.45) is 5.73 Å². The fourth-order valence-corrected chi connectivity index (χ4v) is 2.79. The Hall–Kier alpha value is -1.34. The number of hydrogen-bond donors (Lipinski definition) is 1. The zero-order valence-corrected chi connectivity index (χ0v) is 8.74. The lowest BCUT2D eigenvalue weighted by Crippen LogP contribution is -2.06. The summed E-state index contributed by atoms with van der Waals surface area (Å²) in [6.45, 7) is 0.787. The highest BCUT2D eigenvalue weighted by atomic mass is 14.5. The van der Waals surface area contributed by atoms with Crippen LogP contribution in [0.4, 0.5) is 0 Å². The van der Waals surface area contributed by atoms with Gasteiger partial charge in [0.15, 0.2) is 0 Å². The molecular formula is C14H15N. The molecule has 1 aliphatic carbocycles. The molecule has 76 valence electrons. The maximum absolute atomic E-state index is 5.67. The van der Waals surface area contributed by atoms with E-state index in [1.807, 2.05) is 0 Å². The zero-order chi connectivity index (χ0) is 10.3. The van der Waals surface area contributed by atoms with E-state index in [4.69, 9.17) is 5.73 Å². The van der Waals surface area contributed by atoms with Crippen LogP contribution in [0.5, 0.6) is 0 Å². The van der Waals surface area contributed by atoms with Crippen molar-refractivity contribution in [2.75, 3.05) is 6.54 Å². The molecule has 2 aromatic carbocycles. The lowest BCUT2D eigenvalue weighted by atomic mass is 9.97. The maximum Gasteiger partial charge on any atom is -0.00713 e. The molecular weight excluding hydrogens is 182 g/mol. The van der Waals surface area contributed by atoms with Gasteiger partial charge in [-0.3, -0.25) is 0 Å². The van der Waals surface area contributed by atoms with Gasteiger partial charge in [-0.25, -0.2) is 0 Å². The first kappa shape index (κ1) is 8.93. The van der Waals surface area contributed by atoms with Crippen LogP contribution in [0.3, 0.4) is 0 Å². The van der Waals surface area contributed by atoms with Gasteiger partial charge in [0.25, 0.3) is 0 Å². The van der Waals surface area contributed by atoms with Gasteiger partial charge >= 0.3 is 0 Å². The Bertz CT molecular complexity index is 496. The normalized spacial score (nSPS) is 18.6. The quantitative estimate of drug-likeness (QED) is 0.787. The van der Waals surface area contributed by atoms with Crippen molar-refractivity contribution in [3.8, 4) is 0 Å². The molecule has 0 aliphatic heterocycles. The van der Waals surface area contributed by atoms with Crippen LogP contribution in [0.2, 0.25) is 0 Å². The third-order valence-corrected chi connectivity index (χ3v) is 3.44. The summed E-state index contributed by atoms with van der Waals surface area (Å²) in [4.78, 5) is 0. The minimum atomic E-state index is 0.649. The molecule has 0 heterocycles. The van der Waals surface area contributed by atoms with Crippen molar-refractivity contribution in [1.82, 2.24) is 0 Å². The topological polar surface area (TPSA) is 26.0 Å². The van der Waals surface area contributed by atoms with E-state index in [9.17, 15) is 0 Å². The van der Waals surface area contributed by atoms with E-state index in [0.717, 1.165) is 13.0 Å². The minimum absolute atomic E-state index is 0.649. The largest absolute Gasteiger partial charge is 0.330 e. The van der Waals surface area contributed by atoms with E-state index in [0.29, 0.717) is 5.92 Å². The van der Waals surface area contributed by atoms with Crippen LogP contribution in [0.25, 0.3) is 10.8 Å². The van der Waals surface area contributed by atoms with E-state index in [1.165, 1.54) is 28.3 Å². The predicted octanol–water partition coefficient (Wildman–Crippen LogP) is 2.83. The molecule has 0 radical (unpaired) electrons. The molecule has 3 rings (SSSR count). The van der Waals surface area contributed by atoms with Crippen molar-refractivity contribution >= 4 is 10.8 Å². The lowest BCUT2D eigenvalue weighted by molar-refractivity contribution is 0.652. The van der Waals surface area contributed by atoms with Crippen LogP contribution in [0, 0.1) is 0 Å². The molecule has 2 N–H and O–H groups in total. The molecule has 0 saturated heterocycles. The first-order valence-corrected chi connectivity index (χ1v) is 5.61. The molecule has 0 fully saturated rings. The monoisotopic (exact) mass is 197 g/mol. The van der Waals surface area contributed by atoms with Gasteiger partial charge in [0.1, 0.15) is 0 Å². The van der Waals surface area contributed by atoms with Gasteiger partial charge in [-0.05, 0) is 47.2 Å². The molecule has 1 nitrogen and oxygen atoms in total. The average molecular weight is 197 g/mol. The summed E-state index contributed by atoms with van der Waals surface area (Å²) in [5.41, 5.74) is 8.68. The average Bonchev–Trinajstić information content (AvgIpc) is 2.61. The second-order valence-electron chi connectivity index (χ2n) is 4.34. The van der Waals surface area contributed by atoms with Crippen LogP contribution in [-0.4, -0.2) is 6.54 Å². The number of rotatable bonds is 2. The minimum Gasteiger partial charge on any atom is -0.330 e. The second-order valence-corrected chi connectivity index (χ2v) is 4.34. The van der Waals surface area contributed by atoms with E-state index in [1.54, 1.807) is 0 Å². The van der Waals surface area contributed by atoms with E-state index >= 15 is 0 Å². The molecule has 2 aromatic rings. The summed E-state index contributed by atoms with van der Waals surface area (Å²) in [6, 6.07) is 13.2. The fraction of sp³-hybridized carbons (Fsp3) is 0.286. The van der Waals surface area contributed by atoms with E-state index < -0.39 is 0 Å². The van der Waals surface area contributed by atoms with Gasteiger partial charge in [-0.2, -0.15) is 0 Å². The molecule has 15 heavy (non-hydrogen) atoms. The molecule has 0 amide bonds. The van der Waals surface area contributed by atoms with Gasteiger partial charge in [-0.1, -0.05) is 36.4 Å². The number of hydrogen-bond acceptors (Lipinski definition) is 1. The van der Waals surface area contributed by atoms with Crippen molar-refractivity contribution in [1.29, 1.82) is 0 Å². The summed E-state index contributed by atoms with van der Waals surface area (Å²) in [5.74, 6) is 0.649. The Morgan fingerprint density at radius 3 is 2.73 bits per heavy atom. The van der Waals surface area contributed by atoms with Crippen LogP contribution < -0.4 is 5.73 Å². The Balaban J connectivity index is 2.22. The smallest absolute Gasteiger partial charge is 0.00713 e. The summed E-state index contributed by atoms with van der Waals surface area (Å²) in [7, 11) is 0. The van der Waals surface area contributed by atoms with Gasteiger partial charge < -0.3 is 5.73 Å². The highest BCUT2D eigenvalue weighted by Gasteiger charge is 2.22. The first-order chi connectivity index (χ1) is 7.40. The highest BCUT2D eigenvalue weighted by molar-refractivity contribution is 5.91. The Labute approximate surface area is 89.9 Å². The van der Waals surface area contributed by atoms with Crippen molar-refractivity contribution in [3.63, 3.8) is 0 Å². The third-order valence-electron chi connectivity index (χ3n) is 3.44. The van der Waals surface area contributed by atoms with Gasteiger partial charge in [0.2, 0.25) is 0 Å². The SMILES string of the molecule is NCCC1Cc2cccc3cccc1c23. The van der Waals surface area contributed by atoms with Gasteiger partial charge in [0.05, 0.1) is 0 Å². The number of benzene rings is 2. The molecule has 0 bridgehead atoms. The van der Waals surface area contributed by atoms with Gasteiger partial charge in [-0.15, -0.1) is 0 Å². The lowest BCUT2D eigenvalue weighted by Gasteiger charge is -2.09. The van der Waals surface area contributed by atoms with E-state index in [-0.39, 0.29) is 0 Å². The van der Waals surface area contributed by atoms with Crippen molar-refractivity contribution in [3.05, 3.63) is 47.5 Å². The molecule has 1 unspecified atom stereocenters. The van der Waals surface area contributed by atoms with Crippen LogP contribution in [0.1, 0.15) is 23.5 Å². The van der Waals surface area contributed by atoms with Crippen molar-refractivity contribution < 1.29 is 0 Å². The Kier molecular flexibility index (Phi) is 2.00. The Morgan fingerprint density at radius 2 is 1.93 bits per heavy atom. The zero-order valence-electron chi connectivity index (χ0n) is 8.74. The summed E-state index contributed by atoms with van der Waals surface area (Å²) in [5, 5.41) is 2.86. The maximum atomic E-state index is 5.67. The molecule has 0 spiro atoms. The second kappa shape index (κ2) is 3.35. The van der Waals surface area contributed by atoms with Gasteiger partial charge in [0, 0.05) is 0 Å². The van der Waals surface area contributed by atoms with Crippen LogP contribution in [0.15, 0.2) is 36.4 Å². The highest BCUT2D eigenvalue weighted by Crippen LogP contribution is 2.39. The third kappa shape index (κ3) is 1.27.